The number of nitrogens with zero attached hydrogens (tertiary/aromatic N) is 1. The van der Waals surface area contributed by atoms with E-state index in [1.54, 1.807) is 0 Å². The maximum Gasteiger partial charge on any atom is 0.0241 e. The number of hydrogen-bond donors (Lipinski definition) is 0. The van der Waals surface area contributed by atoms with Gasteiger partial charge in [0.2, 0.25) is 0 Å². The van der Waals surface area contributed by atoms with E-state index in [4.69, 9.17) is 0 Å². The first kappa shape index (κ1) is 12.7. The van der Waals surface area contributed by atoms with Gasteiger partial charge in [0.05, 0.1) is 0 Å². The molecule has 0 bridgehead atoms. The first-order valence-corrected chi connectivity index (χ1v) is 6.31. The molecule has 0 aliphatic carbocycles. The van der Waals surface area contributed by atoms with Gasteiger partial charge in [0.25, 0.3) is 0 Å². The second kappa shape index (κ2) is 6.29. The van der Waals surface area contributed by atoms with Gasteiger partial charge in [-0.3, -0.25) is 0 Å². The van der Waals surface area contributed by atoms with Gasteiger partial charge in [-0.05, 0) is 37.6 Å². The normalized spacial score (nSPS) is 11.3. The lowest BCUT2D eigenvalue weighted by atomic mass is 10.1. The van der Waals surface area contributed by atoms with Crippen molar-refractivity contribution in [3.8, 4) is 0 Å². The summed E-state index contributed by atoms with van der Waals surface area (Å²) in [5.41, 5.74) is 1.36. The Morgan fingerprint density at radius 1 is 1.27 bits per heavy atom. The summed E-state index contributed by atoms with van der Waals surface area (Å²) < 4.78 is 1.21. The standard InChI is InChI=1S/C13H20BrN/c1-11(2)8-9-15(3)10-12-6-4-5-7-13(12)14/h4-7,11H,8-10H2,1-3H3. The highest BCUT2D eigenvalue weighted by atomic mass is 79.9. The molecular formula is C13H20BrN. The second-order valence-corrected chi connectivity index (χ2v) is 5.37. The molecule has 0 unspecified atom stereocenters. The number of hydrogen-bond acceptors (Lipinski definition) is 1. The van der Waals surface area contributed by atoms with Gasteiger partial charge in [-0.15, -0.1) is 0 Å². The van der Waals surface area contributed by atoms with Gasteiger partial charge in [-0.25, -0.2) is 0 Å². The van der Waals surface area contributed by atoms with E-state index in [-0.39, 0.29) is 0 Å². The topological polar surface area (TPSA) is 3.24 Å². The van der Waals surface area contributed by atoms with Crippen molar-refractivity contribution in [3.05, 3.63) is 34.3 Å². The van der Waals surface area contributed by atoms with Crippen LogP contribution in [0.2, 0.25) is 0 Å². The summed E-state index contributed by atoms with van der Waals surface area (Å²) in [7, 11) is 2.18. The Kier molecular flexibility index (Phi) is 5.34. The summed E-state index contributed by atoms with van der Waals surface area (Å²) >= 11 is 3.58. The highest BCUT2D eigenvalue weighted by Gasteiger charge is 2.04. The molecule has 0 spiro atoms. The van der Waals surface area contributed by atoms with Crippen molar-refractivity contribution in [2.24, 2.45) is 5.92 Å². The molecule has 0 radical (unpaired) electrons. The molecule has 2 heteroatoms. The molecule has 0 amide bonds. The van der Waals surface area contributed by atoms with Crippen molar-refractivity contribution in [3.63, 3.8) is 0 Å². The minimum Gasteiger partial charge on any atom is -0.302 e. The van der Waals surface area contributed by atoms with E-state index in [2.05, 4.69) is 66.0 Å². The Morgan fingerprint density at radius 2 is 1.93 bits per heavy atom. The monoisotopic (exact) mass is 269 g/mol. The third-order valence-electron chi connectivity index (χ3n) is 2.49. The van der Waals surface area contributed by atoms with Crippen LogP contribution in [0.4, 0.5) is 0 Å². The fourth-order valence-electron chi connectivity index (χ4n) is 1.48. The molecule has 15 heavy (non-hydrogen) atoms. The fourth-order valence-corrected chi connectivity index (χ4v) is 1.89. The summed E-state index contributed by atoms with van der Waals surface area (Å²) in [5.74, 6) is 0.784. The van der Waals surface area contributed by atoms with Crippen LogP contribution in [0.15, 0.2) is 28.7 Å². The van der Waals surface area contributed by atoms with E-state index in [1.165, 1.54) is 23.0 Å². The molecule has 0 aliphatic heterocycles. The number of halogens is 1. The van der Waals surface area contributed by atoms with Gasteiger partial charge in [-0.1, -0.05) is 48.0 Å². The average Bonchev–Trinajstić information content (AvgIpc) is 2.18. The molecule has 1 rings (SSSR count). The molecular weight excluding hydrogens is 250 g/mol. The fraction of sp³-hybridized carbons (Fsp3) is 0.538. The van der Waals surface area contributed by atoms with Crippen LogP contribution in [0.5, 0.6) is 0 Å². The molecule has 0 aliphatic rings. The molecule has 0 saturated heterocycles. The molecule has 0 atom stereocenters. The van der Waals surface area contributed by atoms with Crippen LogP contribution in [-0.2, 0) is 6.54 Å². The van der Waals surface area contributed by atoms with Crippen molar-refractivity contribution in [1.82, 2.24) is 4.90 Å². The van der Waals surface area contributed by atoms with Crippen molar-refractivity contribution in [2.75, 3.05) is 13.6 Å². The summed E-state index contributed by atoms with van der Waals surface area (Å²) in [6.45, 7) is 6.73. The highest BCUT2D eigenvalue weighted by Crippen LogP contribution is 2.17. The lowest BCUT2D eigenvalue weighted by molar-refractivity contribution is 0.303. The smallest absolute Gasteiger partial charge is 0.0241 e. The molecule has 0 fully saturated rings. The maximum atomic E-state index is 3.58. The first-order valence-electron chi connectivity index (χ1n) is 5.51. The molecule has 0 heterocycles. The Balaban J connectivity index is 2.44. The zero-order valence-corrected chi connectivity index (χ0v) is 11.4. The second-order valence-electron chi connectivity index (χ2n) is 4.51. The van der Waals surface area contributed by atoms with Crippen LogP contribution in [0.25, 0.3) is 0 Å². The summed E-state index contributed by atoms with van der Waals surface area (Å²) in [6, 6.07) is 8.43. The van der Waals surface area contributed by atoms with Crippen LogP contribution in [-0.4, -0.2) is 18.5 Å². The minimum atomic E-state index is 0.784. The largest absolute Gasteiger partial charge is 0.302 e. The molecule has 84 valence electrons. The summed E-state index contributed by atoms with van der Waals surface area (Å²) in [6.07, 6.45) is 1.26. The van der Waals surface area contributed by atoms with E-state index >= 15 is 0 Å². The number of benzene rings is 1. The van der Waals surface area contributed by atoms with E-state index in [1.807, 2.05) is 0 Å². The molecule has 0 N–H and O–H groups in total. The van der Waals surface area contributed by atoms with Crippen molar-refractivity contribution in [2.45, 2.75) is 26.8 Å². The Hall–Kier alpha value is -0.340. The van der Waals surface area contributed by atoms with Crippen molar-refractivity contribution in [1.29, 1.82) is 0 Å². The zero-order chi connectivity index (χ0) is 11.3. The van der Waals surface area contributed by atoms with Crippen molar-refractivity contribution < 1.29 is 0 Å². The van der Waals surface area contributed by atoms with Gasteiger partial charge in [0.15, 0.2) is 0 Å². The third-order valence-corrected chi connectivity index (χ3v) is 3.26. The van der Waals surface area contributed by atoms with Crippen LogP contribution in [0.3, 0.4) is 0 Å². The molecule has 0 saturated carbocycles. The van der Waals surface area contributed by atoms with Crippen LogP contribution < -0.4 is 0 Å². The molecule has 1 nitrogen and oxygen atoms in total. The predicted molar refractivity (Wildman–Crippen MR) is 69.9 cm³/mol. The highest BCUT2D eigenvalue weighted by molar-refractivity contribution is 9.10. The van der Waals surface area contributed by atoms with Crippen LogP contribution >= 0.6 is 15.9 Å². The quantitative estimate of drug-likeness (QED) is 0.783. The van der Waals surface area contributed by atoms with Crippen molar-refractivity contribution >= 4 is 15.9 Å². The summed E-state index contributed by atoms with van der Waals surface area (Å²) in [5, 5.41) is 0. The first-order chi connectivity index (χ1) is 7.09. The Bertz CT molecular complexity index is 296. The molecule has 0 aromatic heterocycles. The SMILES string of the molecule is CC(C)CCN(C)Cc1ccccc1Br. The number of rotatable bonds is 5. The van der Waals surface area contributed by atoms with E-state index < -0.39 is 0 Å². The van der Waals surface area contributed by atoms with E-state index in [0.717, 1.165) is 12.5 Å². The van der Waals surface area contributed by atoms with Crippen LogP contribution in [0.1, 0.15) is 25.8 Å². The van der Waals surface area contributed by atoms with Gasteiger partial charge in [0.1, 0.15) is 0 Å². The predicted octanol–water partition coefficient (Wildman–Crippen LogP) is 3.93. The lowest BCUT2D eigenvalue weighted by Crippen LogP contribution is -2.20. The zero-order valence-electron chi connectivity index (χ0n) is 9.83. The van der Waals surface area contributed by atoms with Gasteiger partial charge >= 0.3 is 0 Å². The van der Waals surface area contributed by atoms with E-state index in [9.17, 15) is 0 Å². The minimum absolute atomic E-state index is 0.784. The van der Waals surface area contributed by atoms with Gasteiger partial charge in [0, 0.05) is 11.0 Å². The Morgan fingerprint density at radius 3 is 2.53 bits per heavy atom. The average molecular weight is 270 g/mol. The van der Waals surface area contributed by atoms with Crippen LogP contribution in [0, 0.1) is 5.92 Å². The molecule has 1 aromatic rings. The Labute approximate surface area is 102 Å². The van der Waals surface area contributed by atoms with Gasteiger partial charge < -0.3 is 4.90 Å². The maximum absolute atomic E-state index is 3.58. The lowest BCUT2D eigenvalue weighted by Gasteiger charge is -2.18. The van der Waals surface area contributed by atoms with E-state index in [0.29, 0.717) is 0 Å². The third kappa shape index (κ3) is 4.80. The summed E-state index contributed by atoms with van der Waals surface area (Å²) in [4.78, 5) is 2.38. The van der Waals surface area contributed by atoms with Gasteiger partial charge in [-0.2, -0.15) is 0 Å². The molecule has 1 aromatic carbocycles.